The molecule has 0 atom stereocenters. The maximum absolute atomic E-state index is 6.10. The fourth-order valence-corrected chi connectivity index (χ4v) is 1.82. The molecule has 0 aliphatic heterocycles. The molecule has 0 bridgehead atoms. The van der Waals surface area contributed by atoms with Gasteiger partial charge in [-0.25, -0.2) is 19.9 Å². The molecule has 0 spiro atoms. The topological polar surface area (TPSA) is 102 Å². The summed E-state index contributed by atoms with van der Waals surface area (Å²) in [5.74, 6) is 2.31. The molecule has 3 rings (SSSR count). The maximum Gasteiger partial charge on any atom is 0.160 e. The minimum absolute atomic E-state index is 0.399. The van der Waals surface area contributed by atoms with E-state index in [0.717, 1.165) is 5.56 Å². The van der Waals surface area contributed by atoms with E-state index in [1.165, 1.54) is 6.33 Å². The molecule has 0 aromatic carbocycles. The van der Waals surface area contributed by atoms with Gasteiger partial charge in [0.25, 0.3) is 0 Å². The molecule has 3 aromatic heterocycles. The third-order valence-corrected chi connectivity index (χ3v) is 2.95. The van der Waals surface area contributed by atoms with E-state index < -0.39 is 0 Å². The molecular formula is C15H15N7. The first-order chi connectivity index (χ1) is 10.7. The Labute approximate surface area is 127 Å². The quantitative estimate of drug-likeness (QED) is 0.679. The van der Waals surface area contributed by atoms with Crippen LogP contribution in [0.2, 0.25) is 0 Å². The van der Waals surface area contributed by atoms with Crippen LogP contribution in [-0.4, -0.2) is 19.9 Å². The molecule has 0 radical (unpaired) electrons. The van der Waals surface area contributed by atoms with Gasteiger partial charge in [0, 0.05) is 12.4 Å². The highest BCUT2D eigenvalue weighted by molar-refractivity contribution is 5.79. The van der Waals surface area contributed by atoms with Crippen LogP contribution in [0, 0.1) is 6.92 Å². The molecule has 0 fully saturated rings. The Bertz CT molecular complexity index is 757. The van der Waals surface area contributed by atoms with Gasteiger partial charge in [-0.1, -0.05) is 12.1 Å². The van der Waals surface area contributed by atoms with Gasteiger partial charge in [-0.3, -0.25) is 0 Å². The Morgan fingerprint density at radius 1 is 0.864 bits per heavy atom. The van der Waals surface area contributed by atoms with E-state index in [1.807, 2.05) is 37.3 Å². The average molecular weight is 293 g/mol. The first kappa shape index (κ1) is 13.7. The second-order valence-corrected chi connectivity index (χ2v) is 4.67. The van der Waals surface area contributed by atoms with Crippen molar-refractivity contribution in [3.8, 4) is 0 Å². The summed E-state index contributed by atoms with van der Waals surface area (Å²) in [7, 11) is 0. The Balaban J connectivity index is 1.84. The highest BCUT2D eigenvalue weighted by atomic mass is 15.1. The number of nitrogens with one attached hydrogen (secondary N) is 2. The summed E-state index contributed by atoms with van der Waals surface area (Å²) in [4.78, 5) is 16.7. The molecule has 0 unspecified atom stereocenters. The molecule has 3 aromatic rings. The van der Waals surface area contributed by atoms with Crippen molar-refractivity contribution in [3.05, 3.63) is 54.6 Å². The van der Waals surface area contributed by atoms with Crippen LogP contribution in [0.25, 0.3) is 0 Å². The monoisotopic (exact) mass is 293 g/mol. The normalized spacial score (nSPS) is 10.2. The van der Waals surface area contributed by atoms with E-state index in [4.69, 9.17) is 5.73 Å². The predicted molar refractivity (Wildman–Crippen MR) is 86.2 cm³/mol. The Hall–Kier alpha value is -3.22. The lowest BCUT2D eigenvalue weighted by Gasteiger charge is -2.11. The molecule has 0 saturated carbocycles. The van der Waals surface area contributed by atoms with Crippen molar-refractivity contribution in [2.45, 2.75) is 6.92 Å². The molecule has 3 heterocycles. The Morgan fingerprint density at radius 2 is 1.59 bits per heavy atom. The number of pyridine rings is 2. The van der Waals surface area contributed by atoms with Crippen molar-refractivity contribution in [2.24, 2.45) is 0 Å². The second-order valence-electron chi connectivity index (χ2n) is 4.67. The zero-order valence-corrected chi connectivity index (χ0v) is 12.0. The Morgan fingerprint density at radius 3 is 2.18 bits per heavy atom. The summed E-state index contributed by atoms with van der Waals surface area (Å²) < 4.78 is 0. The van der Waals surface area contributed by atoms with Crippen molar-refractivity contribution >= 4 is 29.0 Å². The standard InChI is InChI=1S/C15H15N7/c1-10-5-6-12(18-8-10)22-15-13(16)14(19-9-20-15)21-11-4-2-3-7-17-11/h2-9H,16H2,1H3,(H2,17,18,19,20,21,22). The van der Waals surface area contributed by atoms with Crippen LogP contribution in [0.4, 0.5) is 29.0 Å². The van der Waals surface area contributed by atoms with E-state index in [9.17, 15) is 0 Å². The number of anilines is 5. The number of hydrogen-bond acceptors (Lipinski definition) is 7. The summed E-state index contributed by atoms with van der Waals surface area (Å²) in [5, 5.41) is 6.14. The zero-order chi connectivity index (χ0) is 15.4. The summed E-state index contributed by atoms with van der Waals surface area (Å²) in [6, 6.07) is 9.37. The van der Waals surface area contributed by atoms with Gasteiger partial charge in [-0.15, -0.1) is 0 Å². The molecule has 22 heavy (non-hydrogen) atoms. The van der Waals surface area contributed by atoms with Crippen LogP contribution in [0.1, 0.15) is 5.56 Å². The number of aryl methyl sites for hydroxylation is 1. The third-order valence-electron chi connectivity index (χ3n) is 2.95. The van der Waals surface area contributed by atoms with E-state index >= 15 is 0 Å². The first-order valence-corrected chi connectivity index (χ1v) is 6.70. The minimum Gasteiger partial charge on any atom is -0.393 e. The van der Waals surface area contributed by atoms with Gasteiger partial charge in [0.2, 0.25) is 0 Å². The van der Waals surface area contributed by atoms with Gasteiger partial charge in [-0.05, 0) is 30.7 Å². The lowest BCUT2D eigenvalue weighted by molar-refractivity contribution is 1.15. The minimum atomic E-state index is 0.399. The fraction of sp³-hybridized carbons (Fsp3) is 0.0667. The highest BCUT2D eigenvalue weighted by Crippen LogP contribution is 2.26. The van der Waals surface area contributed by atoms with Crippen LogP contribution in [0.15, 0.2) is 49.1 Å². The highest BCUT2D eigenvalue weighted by Gasteiger charge is 2.09. The van der Waals surface area contributed by atoms with Crippen molar-refractivity contribution < 1.29 is 0 Å². The second kappa shape index (κ2) is 6.04. The first-order valence-electron chi connectivity index (χ1n) is 6.70. The molecular weight excluding hydrogens is 278 g/mol. The zero-order valence-electron chi connectivity index (χ0n) is 12.0. The Kier molecular flexibility index (Phi) is 3.78. The van der Waals surface area contributed by atoms with Crippen LogP contribution >= 0.6 is 0 Å². The van der Waals surface area contributed by atoms with Crippen LogP contribution in [-0.2, 0) is 0 Å². The maximum atomic E-state index is 6.10. The molecule has 0 aliphatic carbocycles. The van der Waals surface area contributed by atoms with Gasteiger partial charge >= 0.3 is 0 Å². The van der Waals surface area contributed by atoms with E-state index in [2.05, 4.69) is 30.6 Å². The van der Waals surface area contributed by atoms with E-state index in [-0.39, 0.29) is 0 Å². The van der Waals surface area contributed by atoms with E-state index in [0.29, 0.717) is 29.0 Å². The number of aromatic nitrogens is 4. The number of hydrogen-bond donors (Lipinski definition) is 3. The molecule has 110 valence electrons. The summed E-state index contributed by atoms with van der Waals surface area (Å²) in [6.45, 7) is 1.98. The summed E-state index contributed by atoms with van der Waals surface area (Å²) >= 11 is 0. The predicted octanol–water partition coefficient (Wildman–Crippen LogP) is 2.64. The lowest BCUT2D eigenvalue weighted by atomic mass is 10.3. The van der Waals surface area contributed by atoms with Gasteiger partial charge < -0.3 is 16.4 Å². The molecule has 0 aliphatic rings. The molecule has 4 N–H and O–H groups in total. The number of rotatable bonds is 4. The van der Waals surface area contributed by atoms with E-state index in [1.54, 1.807) is 12.4 Å². The van der Waals surface area contributed by atoms with Crippen molar-refractivity contribution in [1.29, 1.82) is 0 Å². The molecule has 7 nitrogen and oxygen atoms in total. The van der Waals surface area contributed by atoms with Gasteiger partial charge in [-0.2, -0.15) is 0 Å². The van der Waals surface area contributed by atoms with Crippen molar-refractivity contribution in [1.82, 2.24) is 19.9 Å². The number of nitrogen functional groups attached to an aromatic ring is 1. The van der Waals surface area contributed by atoms with Gasteiger partial charge in [0.1, 0.15) is 23.7 Å². The largest absolute Gasteiger partial charge is 0.393 e. The third kappa shape index (κ3) is 3.09. The van der Waals surface area contributed by atoms with Crippen LogP contribution < -0.4 is 16.4 Å². The van der Waals surface area contributed by atoms with Crippen molar-refractivity contribution in [3.63, 3.8) is 0 Å². The summed E-state index contributed by atoms with van der Waals surface area (Å²) in [5.41, 5.74) is 7.58. The van der Waals surface area contributed by atoms with Gasteiger partial charge in [0.15, 0.2) is 11.6 Å². The smallest absolute Gasteiger partial charge is 0.160 e. The average Bonchev–Trinajstić information content (AvgIpc) is 2.54. The lowest BCUT2D eigenvalue weighted by Crippen LogP contribution is -2.06. The summed E-state index contributed by atoms with van der Waals surface area (Å²) in [6.07, 6.45) is 4.89. The fourth-order valence-electron chi connectivity index (χ4n) is 1.82. The van der Waals surface area contributed by atoms with Gasteiger partial charge in [0.05, 0.1) is 0 Å². The van der Waals surface area contributed by atoms with Crippen LogP contribution in [0.5, 0.6) is 0 Å². The molecule has 0 amide bonds. The number of nitrogens with two attached hydrogens (primary N) is 1. The van der Waals surface area contributed by atoms with Crippen molar-refractivity contribution in [2.75, 3.05) is 16.4 Å². The number of nitrogens with zero attached hydrogens (tertiary/aromatic N) is 4. The molecule has 7 heteroatoms. The molecule has 0 saturated heterocycles. The SMILES string of the molecule is Cc1ccc(Nc2ncnc(Nc3ccccn3)c2N)nc1. The van der Waals surface area contributed by atoms with Crippen LogP contribution in [0.3, 0.4) is 0 Å².